The Balaban J connectivity index is 1.91. The van der Waals surface area contributed by atoms with E-state index in [1.54, 1.807) is 0 Å². The van der Waals surface area contributed by atoms with Crippen molar-refractivity contribution in [1.29, 1.82) is 0 Å². The van der Waals surface area contributed by atoms with Gasteiger partial charge in [0.25, 0.3) is 0 Å². The van der Waals surface area contributed by atoms with Crippen LogP contribution in [0, 0.1) is 5.92 Å². The van der Waals surface area contributed by atoms with Gasteiger partial charge in [0.2, 0.25) is 0 Å². The molecule has 2 aliphatic rings. The van der Waals surface area contributed by atoms with Crippen molar-refractivity contribution in [2.75, 3.05) is 19.6 Å². The number of halogens is 2. The van der Waals surface area contributed by atoms with Crippen molar-refractivity contribution < 1.29 is 18.3 Å². The Hall–Kier alpha value is -0.750. The van der Waals surface area contributed by atoms with Crippen LogP contribution >= 0.6 is 0 Å². The molecule has 18 heavy (non-hydrogen) atoms. The lowest BCUT2D eigenvalue weighted by atomic mass is 9.93. The lowest BCUT2D eigenvalue weighted by Crippen LogP contribution is -2.47. The SMILES string of the molecule is CC1CCC(CN)CN1CC1CC(F)(F)C(=O)O1. The molecule has 0 aromatic heterocycles. The summed E-state index contributed by atoms with van der Waals surface area (Å²) in [5.74, 6) is -4.27. The second kappa shape index (κ2) is 5.09. The van der Waals surface area contributed by atoms with E-state index in [2.05, 4.69) is 11.8 Å². The maximum absolute atomic E-state index is 13.1. The van der Waals surface area contributed by atoms with Crippen LogP contribution in [0.15, 0.2) is 0 Å². The summed E-state index contributed by atoms with van der Waals surface area (Å²) in [7, 11) is 0. The van der Waals surface area contributed by atoms with Crippen molar-refractivity contribution >= 4 is 5.97 Å². The van der Waals surface area contributed by atoms with Crippen molar-refractivity contribution in [2.45, 2.75) is 44.3 Å². The first kappa shape index (κ1) is 13.7. The van der Waals surface area contributed by atoms with Gasteiger partial charge in [0.15, 0.2) is 0 Å². The van der Waals surface area contributed by atoms with Crippen molar-refractivity contribution in [1.82, 2.24) is 4.90 Å². The number of nitrogens with two attached hydrogens (primary N) is 1. The molecular formula is C12H20F2N2O2. The lowest BCUT2D eigenvalue weighted by molar-refractivity contribution is -0.159. The van der Waals surface area contributed by atoms with E-state index in [4.69, 9.17) is 10.5 Å². The number of rotatable bonds is 3. The van der Waals surface area contributed by atoms with Crippen LogP contribution in [0.5, 0.6) is 0 Å². The van der Waals surface area contributed by atoms with Gasteiger partial charge in [0.1, 0.15) is 6.10 Å². The van der Waals surface area contributed by atoms with Gasteiger partial charge in [-0.25, -0.2) is 4.79 Å². The Labute approximate surface area is 105 Å². The van der Waals surface area contributed by atoms with Gasteiger partial charge in [-0.2, -0.15) is 8.78 Å². The smallest absolute Gasteiger partial charge is 0.377 e. The minimum absolute atomic E-state index is 0.334. The number of likely N-dealkylation sites (tertiary alicyclic amines) is 1. The quantitative estimate of drug-likeness (QED) is 0.771. The fraction of sp³-hybridized carbons (Fsp3) is 0.917. The second-order valence-corrected chi connectivity index (χ2v) is 5.42. The molecule has 104 valence electrons. The fourth-order valence-corrected chi connectivity index (χ4v) is 2.72. The number of esters is 1. The molecule has 2 aliphatic heterocycles. The summed E-state index contributed by atoms with van der Waals surface area (Å²) in [4.78, 5) is 13.1. The van der Waals surface area contributed by atoms with Gasteiger partial charge in [-0.3, -0.25) is 4.90 Å². The molecule has 4 nitrogen and oxygen atoms in total. The summed E-state index contributed by atoms with van der Waals surface area (Å²) >= 11 is 0. The maximum atomic E-state index is 13.1. The van der Waals surface area contributed by atoms with Crippen LogP contribution in [-0.2, 0) is 9.53 Å². The summed E-state index contributed by atoms with van der Waals surface area (Å²) in [5, 5.41) is 0. The molecule has 2 N–H and O–H groups in total. The number of cyclic esters (lactones) is 1. The zero-order valence-electron chi connectivity index (χ0n) is 10.6. The number of hydrogen-bond donors (Lipinski definition) is 1. The average molecular weight is 262 g/mol. The van der Waals surface area contributed by atoms with Crippen LogP contribution in [0.1, 0.15) is 26.2 Å². The third kappa shape index (κ3) is 2.80. The fourth-order valence-electron chi connectivity index (χ4n) is 2.72. The van der Waals surface area contributed by atoms with Gasteiger partial charge in [-0.15, -0.1) is 0 Å². The average Bonchev–Trinajstić information content (AvgIpc) is 2.55. The highest BCUT2D eigenvalue weighted by Crippen LogP contribution is 2.32. The van der Waals surface area contributed by atoms with Crippen LogP contribution < -0.4 is 5.73 Å². The first-order chi connectivity index (χ1) is 8.42. The van der Waals surface area contributed by atoms with Gasteiger partial charge in [0.05, 0.1) is 6.42 Å². The molecule has 0 bridgehead atoms. The molecule has 0 aromatic carbocycles. The molecule has 0 spiro atoms. The third-order valence-electron chi connectivity index (χ3n) is 3.94. The van der Waals surface area contributed by atoms with E-state index in [-0.39, 0.29) is 0 Å². The molecule has 0 radical (unpaired) electrons. The number of carbonyl (C=O) groups is 1. The number of alkyl halides is 2. The Morgan fingerprint density at radius 2 is 2.22 bits per heavy atom. The van der Waals surface area contributed by atoms with Crippen molar-refractivity contribution in [3.8, 4) is 0 Å². The normalized spacial score (nSPS) is 36.7. The van der Waals surface area contributed by atoms with E-state index in [0.29, 0.717) is 25.0 Å². The molecule has 0 saturated carbocycles. The highest BCUT2D eigenvalue weighted by molar-refractivity contribution is 5.79. The Morgan fingerprint density at radius 1 is 1.50 bits per heavy atom. The van der Waals surface area contributed by atoms with Gasteiger partial charge in [-0.05, 0) is 32.2 Å². The van der Waals surface area contributed by atoms with E-state index < -0.39 is 24.4 Å². The van der Waals surface area contributed by atoms with Gasteiger partial charge < -0.3 is 10.5 Å². The molecule has 2 fully saturated rings. The Kier molecular flexibility index (Phi) is 3.87. The molecule has 0 aromatic rings. The molecule has 3 unspecified atom stereocenters. The van der Waals surface area contributed by atoms with Crippen molar-refractivity contribution in [2.24, 2.45) is 11.7 Å². The van der Waals surface area contributed by atoms with Crippen LogP contribution in [-0.4, -0.2) is 48.6 Å². The molecule has 2 rings (SSSR count). The molecule has 0 aliphatic carbocycles. The standard InChI is InChI=1S/C12H20F2N2O2/c1-8-2-3-9(5-15)6-16(8)7-10-4-12(13,14)11(17)18-10/h8-10H,2-7,15H2,1H3. The number of hydrogen-bond acceptors (Lipinski definition) is 4. The highest BCUT2D eigenvalue weighted by Gasteiger charge is 2.51. The van der Waals surface area contributed by atoms with E-state index in [1.807, 2.05) is 0 Å². The molecule has 3 atom stereocenters. The summed E-state index contributed by atoms with van der Waals surface area (Å²) in [6.07, 6.45) is 0.905. The molecule has 0 amide bonds. The molecule has 6 heteroatoms. The first-order valence-electron chi connectivity index (χ1n) is 6.45. The largest absolute Gasteiger partial charge is 0.456 e. The van der Waals surface area contributed by atoms with Gasteiger partial charge in [-0.1, -0.05) is 0 Å². The topological polar surface area (TPSA) is 55.6 Å². The van der Waals surface area contributed by atoms with Crippen LogP contribution in [0.3, 0.4) is 0 Å². The van der Waals surface area contributed by atoms with Gasteiger partial charge >= 0.3 is 11.9 Å². The molecule has 2 heterocycles. The van der Waals surface area contributed by atoms with Crippen molar-refractivity contribution in [3.05, 3.63) is 0 Å². The molecular weight excluding hydrogens is 242 g/mol. The van der Waals surface area contributed by atoms with Gasteiger partial charge in [0, 0.05) is 19.1 Å². The number of carbonyl (C=O) groups excluding carboxylic acids is 1. The van der Waals surface area contributed by atoms with Crippen LogP contribution in [0.4, 0.5) is 8.78 Å². The zero-order valence-corrected chi connectivity index (χ0v) is 10.6. The van der Waals surface area contributed by atoms with E-state index in [9.17, 15) is 13.6 Å². The highest BCUT2D eigenvalue weighted by atomic mass is 19.3. The minimum Gasteiger partial charge on any atom is -0.456 e. The first-order valence-corrected chi connectivity index (χ1v) is 6.45. The number of nitrogens with zero attached hydrogens (tertiary/aromatic N) is 1. The second-order valence-electron chi connectivity index (χ2n) is 5.42. The van der Waals surface area contributed by atoms with E-state index in [1.165, 1.54) is 0 Å². The van der Waals surface area contributed by atoms with E-state index in [0.717, 1.165) is 19.4 Å². The Morgan fingerprint density at radius 3 is 2.78 bits per heavy atom. The number of ether oxygens (including phenoxy) is 1. The summed E-state index contributed by atoms with van der Waals surface area (Å²) in [6.45, 7) is 3.88. The summed E-state index contributed by atoms with van der Waals surface area (Å²) in [6, 6.07) is 0.334. The maximum Gasteiger partial charge on any atom is 0.377 e. The minimum atomic E-state index is -3.31. The molecule has 2 saturated heterocycles. The predicted octanol–water partition coefficient (Wildman–Crippen LogP) is 0.996. The summed E-state index contributed by atoms with van der Waals surface area (Å²) in [5.41, 5.74) is 5.65. The number of piperidine rings is 1. The lowest BCUT2D eigenvalue weighted by Gasteiger charge is -2.38. The Bertz CT molecular complexity index is 325. The van der Waals surface area contributed by atoms with Crippen LogP contribution in [0.2, 0.25) is 0 Å². The van der Waals surface area contributed by atoms with Crippen LogP contribution in [0.25, 0.3) is 0 Å². The predicted molar refractivity (Wildman–Crippen MR) is 62.3 cm³/mol. The third-order valence-corrected chi connectivity index (χ3v) is 3.94. The van der Waals surface area contributed by atoms with E-state index >= 15 is 0 Å². The summed E-state index contributed by atoms with van der Waals surface area (Å²) < 4.78 is 30.9. The monoisotopic (exact) mass is 262 g/mol. The zero-order chi connectivity index (χ0) is 13.3. The van der Waals surface area contributed by atoms with Crippen molar-refractivity contribution in [3.63, 3.8) is 0 Å².